The largest absolute Gasteiger partial charge is 0.306 e. The van der Waals surface area contributed by atoms with Crippen LogP contribution in [-0.2, 0) is 0 Å². The normalized spacial score (nSPS) is 12.4. The summed E-state index contributed by atoms with van der Waals surface area (Å²) in [5.74, 6) is 0. The van der Waals surface area contributed by atoms with E-state index in [1.807, 2.05) is 6.07 Å². The molecule has 0 aliphatic carbocycles. The standard InChI is InChI=1S/C16H17Br2N/c1-3-19-16(12-6-4-5-11(2)9-12)14-10-13(17)7-8-15(14)18/h4-10,16,19H,3H2,1-2H3. The molecule has 3 heteroatoms. The Balaban J connectivity index is 2.48. The van der Waals surface area contributed by atoms with E-state index in [0.29, 0.717) is 0 Å². The van der Waals surface area contributed by atoms with Gasteiger partial charge in [0.25, 0.3) is 0 Å². The first kappa shape index (κ1) is 14.8. The van der Waals surface area contributed by atoms with Gasteiger partial charge in [0, 0.05) is 8.95 Å². The molecule has 0 saturated heterocycles. The number of aryl methyl sites for hydroxylation is 1. The molecule has 2 rings (SSSR count). The molecule has 100 valence electrons. The summed E-state index contributed by atoms with van der Waals surface area (Å²) in [5.41, 5.74) is 3.83. The second-order valence-corrected chi connectivity index (χ2v) is 6.34. The van der Waals surface area contributed by atoms with E-state index in [1.165, 1.54) is 16.7 Å². The maximum absolute atomic E-state index is 3.66. The predicted molar refractivity (Wildman–Crippen MR) is 88.5 cm³/mol. The summed E-state index contributed by atoms with van der Waals surface area (Å²) in [6, 6.07) is 15.2. The molecular formula is C16H17Br2N. The molecule has 2 aromatic carbocycles. The van der Waals surface area contributed by atoms with Gasteiger partial charge in [0.2, 0.25) is 0 Å². The van der Waals surface area contributed by atoms with Crippen LogP contribution in [0.15, 0.2) is 51.4 Å². The lowest BCUT2D eigenvalue weighted by Crippen LogP contribution is -2.22. The van der Waals surface area contributed by atoms with Gasteiger partial charge in [0.1, 0.15) is 0 Å². The van der Waals surface area contributed by atoms with Crippen molar-refractivity contribution in [3.63, 3.8) is 0 Å². The Bertz CT molecular complexity index is 566. The molecular weight excluding hydrogens is 366 g/mol. The van der Waals surface area contributed by atoms with Crippen molar-refractivity contribution in [1.29, 1.82) is 0 Å². The summed E-state index contributed by atoms with van der Waals surface area (Å²) >= 11 is 7.21. The molecule has 1 N–H and O–H groups in total. The van der Waals surface area contributed by atoms with Crippen molar-refractivity contribution >= 4 is 31.9 Å². The zero-order valence-electron chi connectivity index (χ0n) is 11.1. The number of rotatable bonds is 4. The van der Waals surface area contributed by atoms with Crippen LogP contribution in [0.3, 0.4) is 0 Å². The van der Waals surface area contributed by atoms with Crippen LogP contribution in [0.2, 0.25) is 0 Å². The van der Waals surface area contributed by atoms with E-state index in [9.17, 15) is 0 Å². The van der Waals surface area contributed by atoms with Crippen LogP contribution in [0.1, 0.15) is 29.7 Å². The summed E-state index contributed by atoms with van der Waals surface area (Å²) in [6.45, 7) is 5.19. The van der Waals surface area contributed by atoms with Crippen LogP contribution in [-0.4, -0.2) is 6.54 Å². The third kappa shape index (κ3) is 3.68. The first-order chi connectivity index (χ1) is 9.11. The van der Waals surface area contributed by atoms with E-state index < -0.39 is 0 Å². The van der Waals surface area contributed by atoms with Gasteiger partial charge in [0.15, 0.2) is 0 Å². The molecule has 19 heavy (non-hydrogen) atoms. The van der Waals surface area contributed by atoms with E-state index in [-0.39, 0.29) is 6.04 Å². The fourth-order valence-corrected chi connectivity index (χ4v) is 3.05. The zero-order chi connectivity index (χ0) is 13.8. The summed E-state index contributed by atoms with van der Waals surface area (Å²) in [4.78, 5) is 0. The van der Waals surface area contributed by atoms with Crippen LogP contribution in [0.4, 0.5) is 0 Å². The van der Waals surface area contributed by atoms with Gasteiger partial charge in [-0.25, -0.2) is 0 Å². The van der Waals surface area contributed by atoms with E-state index >= 15 is 0 Å². The summed E-state index contributed by atoms with van der Waals surface area (Å²) in [7, 11) is 0. The Morgan fingerprint density at radius 1 is 1.11 bits per heavy atom. The minimum Gasteiger partial charge on any atom is -0.306 e. The quantitative estimate of drug-likeness (QED) is 0.764. The van der Waals surface area contributed by atoms with Crippen molar-refractivity contribution in [2.24, 2.45) is 0 Å². The van der Waals surface area contributed by atoms with Crippen LogP contribution in [0, 0.1) is 6.92 Å². The topological polar surface area (TPSA) is 12.0 Å². The summed E-state index contributed by atoms with van der Waals surface area (Å²) < 4.78 is 2.23. The van der Waals surface area contributed by atoms with Gasteiger partial charge in [0.05, 0.1) is 6.04 Å². The number of hydrogen-bond donors (Lipinski definition) is 1. The predicted octanol–water partition coefficient (Wildman–Crippen LogP) is 5.22. The van der Waals surface area contributed by atoms with E-state index in [0.717, 1.165) is 15.5 Å². The monoisotopic (exact) mass is 381 g/mol. The number of nitrogens with one attached hydrogen (secondary N) is 1. The number of halogens is 2. The van der Waals surface area contributed by atoms with Gasteiger partial charge in [-0.15, -0.1) is 0 Å². The SMILES string of the molecule is CCNC(c1cccc(C)c1)c1cc(Br)ccc1Br. The molecule has 1 unspecified atom stereocenters. The van der Waals surface area contributed by atoms with Crippen molar-refractivity contribution in [3.05, 3.63) is 68.1 Å². The van der Waals surface area contributed by atoms with Crippen molar-refractivity contribution in [3.8, 4) is 0 Å². The lowest BCUT2D eigenvalue weighted by molar-refractivity contribution is 0.628. The van der Waals surface area contributed by atoms with Gasteiger partial charge in [-0.1, -0.05) is 68.6 Å². The highest BCUT2D eigenvalue weighted by atomic mass is 79.9. The van der Waals surface area contributed by atoms with Crippen molar-refractivity contribution in [1.82, 2.24) is 5.32 Å². The minimum atomic E-state index is 0.205. The zero-order valence-corrected chi connectivity index (χ0v) is 14.3. The molecule has 0 radical (unpaired) electrons. The van der Waals surface area contributed by atoms with Gasteiger partial charge in [-0.3, -0.25) is 0 Å². The van der Waals surface area contributed by atoms with Crippen LogP contribution >= 0.6 is 31.9 Å². The van der Waals surface area contributed by atoms with Crippen molar-refractivity contribution in [2.45, 2.75) is 19.9 Å². The molecule has 0 spiro atoms. The molecule has 0 bridgehead atoms. The third-order valence-electron chi connectivity index (χ3n) is 3.05. The van der Waals surface area contributed by atoms with Crippen molar-refractivity contribution in [2.75, 3.05) is 6.54 Å². The van der Waals surface area contributed by atoms with Crippen LogP contribution < -0.4 is 5.32 Å². The molecule has 1 atom stereocenters. The van der Waals surface area contributed by atoms with Gasteiger partial charge >= 0.3 is 0 Å². The Kier molecular flexibility index (Phi) is 5.20. The molecule has 0 aliphatic heterocycles. The second-order valence-electron chi connectivity index (χ2n) is 4.57. The number of benzene rings is 2. The van der Waals surface area contributed by atoms with Gasteiger partial charge in [-0.2, -0.15) is 0 Å². The third-order valence-corrected chi connectivity index (χ3v) is 4.27. The molecule has 0 heterocycles. The molecule has 0 amide bonds. The Hall–Kier alpha value is -0.640. The van der Waals surface area contributed by atoms with E-state index in [1.54, 1.807) is 0 Å². The Morgan fingerprint density at radius 2 is 1.89 bits per heavy atom. The Labute approximate surface area is 131 Å². The number of hydrogen-bond acceptors (Lipinski definition) is 1. The highest BCUT2D eigenvalue weighted by Crippen LogP contribution is 2.31. The average Bonchev–Trinajstić information content (AvgIpc) is 2.39. The lowest BCUT2D eigenvalue weighted by Gasteiger charge is -2.21. The van der Waals surface area contributed by atoms with Crippen LogP contribution in [0.25, 0.3) is 0 Å². The van der Waals surface area contributed by atoms with Gasteiger partial charge in [-0.05, 0) is 42.8 Å². The highest BCUT2D eigenvalue weighted by molar-refractivity contribution is 9.11. The molecule has 0 aromatic heterocycles. The molecule has 1 nitrogen and oxygen atoms in total. The second kappa shape index (κ2) is 6.69. The van der Waals surface area contributed by atoms with Crippen molar-refractivity contribution < 1.29 is 0 Å². The average molecular weight is 383 g/mol. The fraction of sp³-hybridized carbons (Fsp3) is 0.250. The minimum absolute atomic E-state index is 0.205. The van der Waals surface area contributed by atoms with E-state index in [4.69, 9.17) is 0 Å². The van der Waals surface area contributed by atoms with Crippen LogP contribution in [0.5, 0.6) is 0 Å². The molecule has 0 saturated carbocycles. The lowest BCUT2D eigenvalue weighted by atomic mass is 9.97. The maximum atomic E-state index is 3.66. The maximum Gasteiger partial charge on any atom is 0.0588 e. The molecule has 0 aliphatic rings. The summed E-state index contributed by atoms with van der Waals surface area (Å²) in [6.07, 6.45) is 0. The first-order valence-electron chi connectivity index (χ1n) is 6.36. The molecule has 0 fully saturated rings. The smallest absolute Gasteiger partial charge is 0.0588 e. The first-order valence-corrected chi connectivity index (χ1v) is 7.95. The molecule has 2 aromatic rings. The van der Waals surface area contributed by atoms with E-state index in [2.05, 4.69) is 87.4 Å². The highest BCUT2D eigenvalue weighted by Gasteiger charge is 2.16. The van der Waals surface area contributed by atoms with Gasteiger partial charge < -0.3 is 5.32 Å². The fourth-order valence-electron chi connectivity index (χ4n) is 2.20. The summed E-state index contributed by atoms with van der Waals surface area (Å²) in [5, 5.41) is 3.56. The Morgan fingerprint density at radius 3 is 2.58 bits per heavy atom.